The minimum absolute atomic E-state index is 0.0126. The van der Waals surface area contributed by atoms with Crippen molar-refractivity contribution in [2.45, 2.75) is 18.7 Å². The number of benzene rings is 2. The summed E-state index contributed by atoms with van der Waals surface area (Å²) in [7, 11) is 0. The van der Waals surface area contributed by atoms with Crippen LogP contribution >= 0.6 is 0 Å². The second kappa shape index (κ2) is 6.54. The number of hydrogen-bond donors (Lipinski definition) is 1. The van der Waals surface area contributed by atoms with Crippen molar-refractivity contribution in [1.29, 1.82) is 0 Å². The van der Waals surface area contributed by atoms with Gasteiger partial charge in [-0.15, -0.1) is 0 Å². The predicted molar refractivity (Wildman–Crippen MR) is 82.5 cm³/mol. The molecule has 1 amide bonds. The maximum atomic E-state index is 12.9. The van der Waals surface area contributed by atoms with Crippen LogP contribution in [0.2, 0.25) is 0 Å². The maximum Gasteiger partial charge on any atom is 0.416 e. The van der Waals surface area contributed by atoms with Crippen LogP contribution in [-0.2, 0) is 15.8 Å². The molecule has 1 aliphatic heterocycles. The molecular formula is C17H12F4N2O2. The number of alkyl halides is 3. The third kappa shape index (κ3) is 3.96. The van der Waals surface area contributed by atoms with E-state index in [4.69, 9.17) is 4.84 Å². The van der Waals surface area contributed by atoms with E-state index in [2.05, 4.69) is 10.5 Å². The van der Waals surface area contributed by atoms with Gasteiger partial charge in [0, 0.05) is 12.1 Å². The Kier molecular flexibility index (Phi) is 4.43. The van der Waals surface area contributed by atoms with Crippen LogP contribution in [0.15, 0.2) is 53.7 Å². The number of carbonyl (C=O) groups is 1. The van der Waals surface area contributed by atoms with Crippen molar-refractivity contribution in [3.05, 3.63) is 65.5 Å². The number of nitrogens with one attached hydrogen (secondary N) is 1. The first-order chi connectivity index (χ1) is 11.8. The van der Waals surface area contributed by atoms with E-state index in [1.807, 2.05) is 0 Å². The van der Waals surface area contributed by atoms with Gasteiger partial charge in [0.15, 0.2) is 0 Å². The topological polar surface area (TPSA) is 50.7 Å². The fourth-order valence-electron chi connectivity index (χ4n) is 2.33. The quantitative estimate of drug-likeness (QED) is 0.850. The van der Waals surface area contributed by atoms with E-state index in [1.54, 1.807) is 0 Å². The van der Waals surface area contributed by atoms with Gasteiger partial charge in [0.1, 0.15) is 5.82 Å². The summed E-state index contributed by atoms with van der Waals surface area (Å²) < 4.78 is 51.0. The highest BCUT2D eigenvalue weighted by molar-refractivity contribution is 6.06. The first-order valence-electron chi connectivity index (χ1n) is 7.30. The van der Waals surface area contributed by atoms with Crippen molar-refractivity contribution < 1.29 is 27.2 Å². The first-order valence-corrected chi connectivity index (χ1v) is 7.30. The summed E-state index contributed by atoms with van der Waals surface area (Å²) in [5.74, 6) is -1.01. The van der Waals surface area contributed by atoms with E-state index in [9.17, 15) is 22.4 Å². The molecule has 2 aromatic rings. The second-order valence-electron chi connectivity index (χ2n) is 5.41. The lowest BCUT2D eigenvalue weighted by Crippen LogP contribution is -2.28. The van der Waals surface area contributed by atoms with Gasteiger partial charge in [0.2, 0.25) is 6.10 Å². The summed E-state index contributed by atoms with van der Waals surface area (Å²) in [6.07, 6.45) is -5.32. The third-order valence-electron chi connectivity index (χ3n) is 3.60. The SMILES string of the molecule is O=C(Nc1cccc(C(F)(F)F)c1)[C@@H]1CC(c2ccc(F)cc2)=NO1. The summed E-state index contributed by atoms with van der Waals surface area (Å²) in [5.41, 5.74) is 0.222. The van der Waals surface area contributed by atoms with Crippen molar-refractivity contribution in [3.8, 4) is 0 Å². The molecule has 2 aromatic carbocycles. The Bertz CT molecular complexity index is 816. The lowest BCUT2D eigenvalue weighted by molar-refractivity contribution is -0.137. The molecule has 0 saturated heterocycles. The summed E-state index contributed by atoms with van der Waals surface area (Å²) >= 11 is 0. The minimum atomic E-state index is -4.50. The number of rotatable bonds is 3. The van der Waals surface area contributed by atoms with E-state index >= 15 is 0 Å². The van der Waals surface area contributed by atoms with E-state index < -0.39 is 29.6 Å². The van der Waals surface area contributed by atoms with Gasteiger partial charge in [-0.2, -0.15) is 13.2 Å². The fourth-order valence-corrected chi connectivity index (χ4v) is 2.33. The maximum absolute atomic E-state index is 12.9. The molecule has 0 aliphatic carbocycles. The molecule has 25 heavy (non-hydrogen) atoms. The van der Waals surface area contributed by atoms with Crippen molar-refractivity contribution in [2.24, 2.45) is 5.16 Å². The van der Waals surface area contributed by atoms with E-state index in [0.29, 0.717) is 11.3 Å². The Morgan fingerprint density at radius 1 is 1.16 bits per heavy atom. The molecule has 4 nitrogen and oxygen atoms in total. The van der Waals surface area contributed by atoms with Crippen LogP contribution < -0.4 is 5.32 Å². The third-order valence-corrected chi connectivity index (χ3v) is 3.60. The zero-order valence-electron chi connectivity index (χ0n) is 12.7. The smallest absolute Gasteiger partial charge is 0.382 e. The van der Waals surface area contributed by atoms with Crippen LogP contribution in [0, 0.1) is 5.82 Å². The van der Waals surface area contributed by atoms with Crippen molar-refractivity contribution in [2.75, 3.05) is 5.32 Å². The van der Waals surface area contributed by atoms with Crippen molar-refractivity contribution in [3.63, 3.8) is 0 Å². The van der Waals surface area contributed by atoms with Crippen LogP contribution in [0.25, 0.3) is 0 Å². The van der Waals surface area contributed by atoms with Gasteiger partial charge in [-0.25, -0.2) is 4.39 Å². The highest BCUT2D eigenvalue weighted by atomic mass is 19.4. The van der Waals surface area contributed by atoms with Crippen molar-refractivity contribution >= 4 is 17.3 Å². The normalized spacial score (nSPS) is 17.0. The van der Waals surface area contributed by atoms with Crippen LogP contribution in [0.4, 0.5) is 23.2 Å². The summed E-state index contributed by atoms with van der Waals surface area (Å²) in [4.78, 5) is 17.2. The molecule has 130 valence electrons. The van der Waals surface area contributed by atoms with E-state index in [-0.39, 0.29) is 12.1 Å². The molecule has 0 bridgehead atoms. The van der Waals surface area contributed by atoms with Crippen molar-refractivity contribution in [1.82, 2.24) is 0 Å². The zero-order chi connectivity index (χ0) is 18.0. The average Bonchev–Trinajstić information content (AvgIpc) is 3.05. The number of oxime groups is 1. The largest absolute Gasteiger partial charge is 0.416 e. The lowest BCUT2D eigenvalue weighted by Gasteiger charge is -2.12. The van der Waals surface area contributed by atoms with Gasteiger partial charge < -0.3 is 10.2 Å². The Labute approximate surface area is 140 Å². The summed E-state index contributed by atoms with van der Waals surface area (Å²) in [5, 5.41) is 6.17. The van der Waals surface area contributed by atoms with Crippen LogP contribution in [-0.4, -0.2) is 17.7 Å². The molecular weight excluding hydrogens is 340 g/mol. The van der Waals surface area contributed by atoms with Gasteiger partial charge in [-0.05, 0) is 35.9 Å². The molecule has 0 unspecified atom stereocenters. The molecule has 0 aromatic heterocycles. The lowest BCUT2D eigenvalue weighted by atomic mass is 10.0. The number of nitrogens with zero attached hydrogens (tertiary/aromatic N) is 1. The van der Waals surface area contributed by atoms with E-state index in [1.165, 1.54) is 36.4 Å². The van der Waals surface area contributed by atoms with Crippen LogP contribution in [0.5, 0.6) is 0 Å². The highest BCUT2D eigenvalue weighted by Crippen LogP contribution is 2.30. The highest BCUT2D eigenvalue weighted by Gasteiger charge is 2.32. The van der Waals surface area contributed by atoms with Gasteiger partial charge in [0.05, 0.1) is 11.3 Å². The van der Waals surface area contributed by atoms with Gasteiger partial charge >= 0.3 is 6.18 Å². The molecule has 0 radical (unpaired) electrons. The molecule has 3 rings (SSSR count). The van der Waals surface area contributed by atoms with Crippen LogP contribution in [0.1, 0.15) is 17.5 Å². The number of amides is 1. The molecule has 1 N–H and O–H groups in total. The molecule has 1 atom stereocenters. The molecule has 8 heteroatoms. The Hall–Kier alpha value is -2.90. The van der Waals surface area contributed by atoms with Crippen LogP contribution in [0.3, 0.4) is 0 Å². The number of hydrogen-bond acceptors (Lipinski definition) is 3. The molecule has 0 spiro atoms. The first kappa shape index (κ1) is 16.9. The Morgan fingerprint density at radius 3 is 2.56 bits per heavy atom. The molecule has 1 heterocycles. The fraction of sp³-hybridized carbons (Fsp3) is 0.176. The number of halogens is 4. The molecule has 0 saturated carbocycles. The standard InChI is InChI=1S/C17H12F4N2O2/c18-12-6-4-10(5-7-12)14-9-15(25-23-14)16(24)22-13-3-1-2-11(8-13)17(19,20)21/h1-8,15H,9H2,(H,22,24)/t15-/m0/s1. The summed E-state index contributed by atoms with van der Waals surface area (Å²) in [6, 6.07) is 9.83. The molecule has 1 aliphatic rings. The predicted octanol–water partition coefficient (Wildman–Crippen LogP) is 3.98. The van der Waals surface area contributed by atoms with E-state index in [0.717, 1.165) is 12.1 Å². The van der Waals surface area contributed by atoms with Gasteiger partial charge in [-0.1, -0.05) is 23.4 Å². The number of anilines is 1. The minimum Gasteiger partial charge on any atom is -0.382 e. The number of carbonyl (C=O) groups excluding carboxylic acids is 1. The van der Waals surface area contributed by atoms with Gasteiger partial charge in [0.25, 0.3) is 5.91 Å². The Morgan fingerprint density at radius 2 is 1.88 bits per heavy atom. The second-order valence-corrected chi connectivity index (χ2v) is 5.41. The Balaban J connectivity index is 1.65. The average molecular weight is 352 g/mol. The monoisotopic (exact) mass is 352 g/mol. The van der Waals surface area contributed by atoms with Gasteiger partial charge in [-0.3, -0.25) is 4.79 Å². The summed E-state index contributed by atoms with van der Waals surface area (Å²) in [6.45, 7) is 0. The molecule has 0 fully saturated rings. The zero-order valence-corrected chi connectivity index (χ0v) is 12.7.